The van der Waals surface area contributed by atoms with Crippen molar-refractivity contribution in [3.05, 3.63) is 82.3 Å². The summed E-state index contributed by atoms with van der Waals surface area (Å²) in [5.41, 5.74) is 3.37. The number of hydrogen-bond acceptors (Lipinski definition) is 6. The summed E-state index contributed by atoms with van der Waals surface area (Å²) < 4.78 is 7.02. The molecule has 8 nitrogen and oxygen atoms in total. The maximum atomic E-state index is 13.0. The van der Waals surface area contributed by atoms with E-state index in [0.717, 1.165) is 11.1 Å². The maximum Gasteiger partial charge on any atom is 0.338 e. The lowest BCUT2D eigenvalue weighted by molar-refractivity contribution is -0.139. The second-order valence-corrected chi connectivity index (χ2v) is 8.07. The van der Waals surface area contributed by atoms with Crippen molar-refractivity contribution in [1.82, 2.24) is 14.8 Å². The summed E-state index contributed by atoms with van der Waals surface area (Å²) >= 11 is 6.08. The normalized spacial score (nSPS) is 15.3. The lowest BCUT2D eigenvalue weighted by Gasteiger charge is -2.35. The molecule has 1 N–H and O–H groups in total. The van der Waals surface area contributed by atoms with Crippen LogP contribution >= 0.6 is 11.6 Å². The third-order valence-electron chi connectivity index (χ3n) is 5.49. The molecule has 9 heteroatoms. The molecule has 2 heterocycles. The van der Waals surface area contributed by atoms with Crippen molar-refractivity contribution in [2.45, 2.75) is 26.8 Å². The van der Waals surface area contributed by atoms with Gasteiger partial charge in [0, 0.05) is 16.4 Å². The Kier molecular flexibility index (Phi) is 6.46. The SMILES string of the molecule is CCOC(=O)C1=C(C)N(CC(=O)Nc2cc(Cl)ccc2C)c2ncnn2[C@@H]1c1ccccc1. The quantitative estimate of drug-likeness (QED) is 0.551. The van der Waals surface area contributed by atoms with E-state index in [1.165, 1.54) is 6.33 Å². The zero-order valence-corrected chi connectivity index (χ0v) is 19.3. The zero-order valence-electron chi connectivity index (χ0n) is 18.6. The minimum atomic E-state index is -0.516. The fourth-order valence-electron chi connectivity index (χ4n) is 3.90. The molecule has 0 bridgehead atoms. The summed E-state index contributed by atoms with van der Waals surface area (Å²) in [7, 11) is 0. The Labute approximate surface area is 196 Å². The van der Waals surface area contributed by atoms with Crippen LogP contribution in [0.5, 0.6) is 0 Å². The molecule has 0 radical (unpaired) electrons. The van der Waals surface area contributed by atoms with Crippen molar-refractivity contribution in [1.29, 1.82) is 0 Å². The second-order valence-electron chi connectivity index (χ2n) is 7.63. The molecule has 1 aliphatic rings. The van der Waals surface area contributed by atoms with E-state index in [1.54, 1.807) is 35.6 Å². The second kappa shape index (κ2) is 9.46. The third-order valence-corrected chi connectivity index (χ3v) is 5.73. The lowest BCUT2D eigenvalue weighted by Crippen LogP contribution is -2.41. The number of nitrogens with zero attached hydrogens (tertiary/aromatic N) is 4. The average Bonchev–Trinajstić information content (AvgIpc) is 3.28. The molecule has 1 amide bonds. The van der Waals surface area contributed by atoms with Crippen LogP contribution in [0.25, 0.3) is 0 Å². The molecule has 0 aliphatic carbocycles. The van der Waals surface area contributed by atoms with Crippen molar-refractivity contribution in [2.75, 3.05) is 23.4 Å². The minimum absolute atomic E-state index is 0.0686. The number of ether oxygens (including phenoxy) is 1. The highest BCUT2D eigenvalue weighted by Crippen LogP contribution is 2.38. The number of anilines is 2. The van der Waals surface area contributed by atoms with E-state index in [9.17, 15) is 9.59 Å². The van der Waals surface area contributed by atoms with E-state index in [0.29, 0.717) is 27.9 Å². The van der Waals surface area contributed by atoms with Crippen molar-refractivity contribution in [2.24, 2.45) is 0 Å². The van der Waals surface area contributed by atoms with Gasteiger partial charge in [-0.1, -0.05) is 48.0 Å². The molecule has 33 heavy (non-hydrogen) atoms. The number of rotatable bonds is 6. The number of hydrogen-bond donors (Lipinski definition) is 1. The molecule has 0 spiro atoms. The van der Waals surface area contributed by atoms with Crippen molar-refractivity contribution in [3.63, 3.8) is 0 Å². The molecule has 1 atom stereocenters. The van der Waals surface area contributed by atoms with Crippen molar-refractivity contribution < 1.29 is 14.3 Å². The van der Waals surface area contributed by atoms with Crippen LogP contribution < -0.4 is 10.2 Å². The van der Waals surface area contributed by atoms with Crippen molar-refractivity contribution in [3.8, 4) is 0 Å². The number of esters is 1. The van der Waals surface area contributed by atoms with Crippen LogP contribution in [0.4, 0.5) is 11.6 Å². The van der Waals surface area contributed by atoms with E-state index in [2.05, 4.69) is 15.4 Å². The summed E-state index contributed by atoms with van der Waals surface area (Å²) in [5, 5.41) is 7.80. The summed E-state index contributed by atoms with van der Waals surface area (Å²) in [6, 6.07) is 14.3. The van der Waals surface area contributed by atoms with Crippen LogP contribution in [0.3, 0.4) is 0 Å². The Morgan fingerprint density at radius 2 is 1.91 bits per heavy atom. The molecule has 0 fully saturated rings. The number of fused-ring (bicyclic) bond motifs is 1. The van der Waals surface area contributed by atoms with Gasteiger partial charge in [0.2, 0.25) is 11.9 Å². The number of amides is 1. The Morgan fingerprint density at radius 3 is 2.64 bits per heavy atom. The molecule has 2 aromatic carbocycles. The van der Waals surface area contributed by atoms with Gasteiger partial charge in [-0.2, -0.15) is 10.1 Å². The van der Waals surface area contributed by atoms with E-state index >= 15 is 0 Å². The fraction of sp³-hybridized carbons (Fsp3) is 0.250. The zero-order chi connectivity index (χ0) is 23.5. The van der Waals surface area contributed by atoms with E-state index in [4.69, 9.17) is 16.3 Å². The first-order valence-electron chi connectivity index (χ1n) is 10.6. The first kappa shape index (κ1) is 22.5. The van der Waals surface area contributed by atoms with E-state index in [1.807, 2.05) is 43.3 Å². The molecule has 0 unspecified atom stereocenters. The van der Waals surface area contributed by atoms with Gasteiger partial charge in [0.1, 0.15) is 18.9 Å². The van der Waals surface area contributed by atoms with Gasteiger partial charge in [0.15, 0.2) is 0 Å². The summed E-state index contributed by atoms with van der Waals surface area (Å²) in [4.78, 5) is 32.1. The number of allylic oxidation sites excluding steroid dienone is 1. The number of nitrogens with one attached hydrogen (secondary N) is 1. The molecule has 1 aliphatic heterocycles. The number of carbonyl (C=O) groups excluding carboxylic acids is 2. The average molecular weight is 466 g/mol. The van der Waals surface area contributed by atoms with E-state index in [-0.39, 0.29) is 19.1 Å². The first-order valence-corrected chi connectivity index (χ1v) is 10.9. The number of aromatic nitrogens is 3. The summed E-state index contributed by atoms with van der Waals surface area (Å²) in [5.74, 6) is -0.274. The van der Waals surface area contributed by atoms with Crippen molar-refractivity contribution >= 4 is 35.1 Å². The molecular formula is C24H24ClN5O3. The highest BCUT2D eigenvalue weighted by molar-refractivity contribution is 6.31. The van der Waals surface area contributed by atoms with E-state index < -0.39 is 12.0 Å². The monoisotopic (exact) mass is 465 g/mol. The third kappa shape index (κ3) is 4.47. The first-order chi connectivity index (χ1) is 15.9. The van der Waals surface area contributed by atoms with Gasteiger partial charge in [-0.05, 0) is 44.0 Å². The Balaban J connectivity index is 1.72. The number of halogens is 1. The van der Waals surface area contributed by atoms with Gasteiger partial charge in [-0.3, -0.25) is 4.79 Å². The molecule has 170 valence electrons. The standard InChI is InChI=1S/C24H24ClN5O3/c1-4-33-23(32)21-16(3)29(13-20(31)28-19-12-18(25)11-10-15(19)2)24-26-14-27-30(24)22(21)17-8-6-5-7-9-17/h5-12,14,22H,4,13H2,1-3H3,(H,28,31)/t22-/m1/s1. The predicted octanol–water partition coefficient (Wildman–Crippen LogP) is 4.13. The van der Waals surface area contributed by atoms with Crippen LogP contribution in [0.2, 0.25) is 5.02 Å². The number of carbonyl (C=O) groups is 2. The molecule has 0 saturated carbocycles. The Morgan fingerprint density at radius 1 is 1.15 bits per heavy atom. The maximum absolute atomic E-state index is 13.0. The summed E-state index contributed by atoms with van der Waals surface area (Å²) in [6.45, 7) is 5.60. The van der Waals surface area contributed by atoms with Crippen LogP contribution in [-0.4, -0.2) is 39.8 Å². The lowest BCUT2D eigenvalue weighted by atomic mass is 9.95. The molecule has 1 aromatic heterocycles. The topological polar surface area (TPSA) is 89.3 Å². The number of benzene rings is 2. The van der Waals surface area contributed by atoms with Gasteiger partial charge in [-0.15, -0.1) is 0 Å². The largest absolute Gasteiger partial charge is 0.463 e. The van der Waals surface area contributed by atoms with Crippen LogP contribution in [-0.2, 0) is 14.3 Å². The molecule has 4 rings (SSSR count). The fourth-order valence-corrected chi connectivity index (χ4v) is 4.07. The van der Waals surface area contributed by atoms with Gasteiger partial charge in [0.25, 0.3) is 0 Å². The van der Waals surface area contributed by atoms with Gasteiger partial charge in [-0.25, -0.2) is 9.48 Å². The molecule has 0 saturated heterocycles. The van der Waals surface area contributed by atoms with Gasteiger partial charge in [0.05, 0.1) is 12.2 Å². The molecular weight excluding hydrogens is 442 g/mol. The highest BCUT2D eigenvalue weighted by Gasteiger charge is 2.38. The van der Waals surface area contributed by atoms with Gasteiger partial charge >= 0.3 is 5.97 Å². The smallest absolute Gasteiger partial charge is 0.338 e. The van der Waals surface area contributed by atoms with Crippen LogP contribution in [0, 0.1) is 6.92 Å². The minimum Gasteiger partial charge on any atom is -0.463 e. The van der Waals surface area contributed by atoms with Crippen LogP contribution in [0.1, 0.15) is 31.0 Å². The number of aryl methyl sites for hydroxylation is 1. The highest BCUT2D eigenvalue weighted by atomic mass is 35.5. The van der Waals surface area contributed by atoms with Crippen LogP contribution in [0.15, 0.2) is 66.1 Å². The van der Waals surface area contributed by atoms with Gasteiger partial charge < -0.3 is 15.0 Å². The predicted molar refractivity (Wildman–Crippen MR) is 126 cm³/mol. The Hall–Kier alpha value is -3.65. The Bertz CT molecular complexity index is 1220. The molecule has 3 aromatic rings. The summed E-state index contributed by atoms with van der Waals surface area (Å²) in [6.07, 6.45) is 1.42.